The second-order valence-corrected chi connectivity index (χ2v) is 7.95. The van der Waals surface area contributed by atoms with Gasteiger partial charge in [-0.3, -0.25) is 14.9 Å². The lowest BCUT2D eigenvalue weighted by Crippen LogP contribution is -2.49. The molecule has 1 aromatic heterocycles. The lowest BCUT2D eigenvalue weighted by atomic mass is 10.0. The molecule has 9 nitrogen and oxygen atoms in total. The Balaban J connectivity index is 0.00000420. The van der Waals surface area contributed by atoms with Gasteiger partial charge in [-0.15, -0.1) is 0 Å². The summed E-state index contributed by atoms with van der Waals surface area (Å²) in [6, 6.07) is 3.18. The predicted molar refractivity (Wildman–Crippen MR) is 117 cm³/mol. The molecule has 0 aliphatic heterocycles. The molecule has 1 heterocycles. The highest BCUT2D eigenvalue weighted by Crippen LogP contribution is 2.20. The summed E-state index contributed by atoms with van der Waals surface area (Å²) in [5.74, 6) is -2.07. The van der Waals surface area contributed by atoms with Gasteiger partial charge in [-0.05, 0) is 36.1 Å². The standard InChI is InChI=1S/C19H23Cl2N3O4.2H3N/c1-11(2)3-16(18(25)26)23-17(19(27)28)7-15-8-22-10-24(15)9-12-4-13(20)6-14(21)5-12;;/h4-6,8,10-11,16-17,23H,3,7,9H2,1-2H3,(H,25,26)(H,27,28);2*1H3/t16-,17-;;/m0../s1. The van der Waals surface area contributed by atoms with Crippen LogP contribution in [0.15, 0.2) is 30.7 Å². The van der Waals surface area contributed by atoms with E-state index < -0.39 is 24.0 Å². The Bertz CT molecular complexity index is 824. The SMILES string of the molecule is CC(C)C[C@H](N[C@@H](Cc1cncn1Cc1cc(Cl)cc(Cl)c1)C(=O)O)C(=O)O.N.N. The van der Waals surface area contributed by atoms with E-state index in [1.165, 1.54) is 0 Å². The van der Waals surface area contributed by atoms with Crippen LogP contribution in [0.25, 0.3) is 0 Å². The third kappa shape index (κ3) is 8.29. The van der Waals surface area contributed by atoms with Gasteiger partial charge in [0.15, 0.2) is 0 Å². The second kappa shape index (κ2) is 12.5. The highest BCUT2D eigenvalue weighted by atomic mass is 35.5. The van der Waals surface area contributed by atoms with Crippen molar-refractivity contribution in [3.8, 4) is 0 Å². The van der Waals surface area contributed by atoms with Gasteiger partial charge in [0, 0.05) is 34.9 Å². The summed E-state index contributed by atoms with van der Waals surface area (Å²) in [6.07, 6.45) is 3.58. The Kier molecular flexibility index (Phi) is 11.6. The molecule has 0 unspecified atom stereocenters. The summed E-state index contributed by atoms with van der Waals surface area (Å²) in [5, 5.41) is 22.7. The van der Waals surface area contributed by atoms with Crippen molar-refractivity contribution in [2.24, 2.45) is 5.92 Å². The van der Waals surface area contributed by atoms with Gasteiger partial charge in [0.2, 0.25) is 0 Å². The van der Waals surface area contributed by atoms with Gasteiger partial charge in [-0.25, -0.2) is 4.98 Å². The fourth-order valence-electron chi connectivity index (χ4n) is 2.94. The lowest BCUT2D eigenvalue weighted by Gasteiger charge is -2.22. The molecular formula is C19H29Cl2N5O4. The average molecular weight is 462 g/mol. The van der Waals surface area contributed by atoms with Crippen LogP contribution in [0.5, 0.6) is 0 Å². The molecule has 0 spiro atoms. The fraction of sp³-hybridized carbons (Fsp3) is 0.421. The molecule has 2 rings (SSSR count). The molecule has 2 aromatic rings. The molecule has 1 aromatic carbocycles. The Morgan fingerprint density at radius 1 is 1.07 bits per heavy atom. The van der Waals surface area contributed by atoms with Crippen LogP contribution in [0.2, 0.25) is 10.0 Å². The summed E-state index contributed by atoms with van der Waals surface area (Å²) >= 11 is 12.1. The molecule has 0 aliphatic rings. The third-order valence-electron chi connectivity index (χ3n) is 4.19. The van der Waals surface area contributed by atoms with Crippen molar-refractivity contribution in [1.82, 2.24) is 27.2 Å². The first-order chi connectivity index (χ1) is 13.2. The zero-order chi connectivity index (χ0) is 20.8. The van der Waals surface area contributed by atoms with Crippen LogP contribution < -0.4 is 17.6 Å². The third-order valence-corrected chi connectivity index (χ3v) is 4.63. The molecule has 30 heavy (non-hydrogen) atoms. The van der Waals surface area contributed by atoms with E-state index in [9.17, 15) is 19.8 Å². The first kappa shape index (κ1) is 27.8. The van der Waals surface area contributed by atoms with Gasteiger partial charge in [0.05, 0.1) is 6.33 Å². The zero-order valence-corrected chi connectivity index (χ0v) is 18.5. The van der Waals surface area contributed by atoms with E-state index in [1.54, 1.807) is 35.3 Å². The van der Waals surface area contributed by atoms with Crippen LogP contribution in [0.4, 0.5) is 0 Å². The number of hydrogen-bond acceptors (Lipinski definition) is 6. The van der Waals surface area contributed by atoms with E-state index in [-0.39, 0.29) is 24.6 Å². The maximum absolute atomic E-state index is 11.7. The van der Waals surface area contributed by atoms with Gasteiger partial charge >= 0.3 is 11.9 Å². The molecule has 2 atom stereocenters. The monoisotopic (exact) mass is 461 g/mol. The smallest absolute Gasteiger partial charge is 0.321 e. The van der Waals surface area contributed by atoms with Crippen molar-refractivity contribution in [2.45, 2.75) is 45.3 Å². The molecule has 11 heteroatoms. The van der Waals surface area contributed by atoms with Crippen LogP contribution in [0.3, 0.4) is 0 Å². The summed E-state index contributed by atoms with van der Waals surface area (Å²) in [6.45, 7) is 4.19. The molecular weight excluding hydrogens is 433 g/mol. The van der Waals surface area contributed by atoms with E-state index in [4.69, 9.17) is 23.2 Å². The number of benzene rings is 1. The van der Waals surface area contributed by atoms with Crippen LogP contribution in [0.1, 0.15) is 31.5 Å². The van der Waals surface area contributed by atoms with Crippen LogP contribution in [-0.2, 0) is 22.6 Å². The van der Waals surface area contributed by atoms with E-state index in [2.05, 4.69) is 10.3 Å². The van der Waals surface area contributed by atoms with Gasteiger partial charge in [0.1, 0.15) is 12.1 Å². The Morgan fingerprint density at radius 3 is 2.13 bits per heavy atom. The number of imidazole rings is 1. The predicted octanol–water partition coefficient (Wildman–Crippen LogP) is 3.65. The summed E-state index contributed by atoms with van der Waals surface area (Å²) < 4.78 is 1.79. The molecule has 0 fully saturated rings. The lowest BCUT2D eigenvalue weighted by molar-refractivity contribution is -0.142. The summed E-state index contributed by atoms with van der Waals surface area (Å²) in [4.78, 5) is 27.3. The molecule has 0 radical (unpaired) electrons. The number of halogens is 2. The minimum Gasteiger partial charge on any atom is -0.480 e. The molecule has 9 N–H and O–H groups in total. The van der Waals surface area contributed by atoms with Crippen molar-refractivity contribution >= 4 is 35.1 Å². The quantitative estimate of drug-likeness (QED) is 0.355. The van der Waals surface area contributed by atoms with E-state index in [0.717, 1.165) is 5.56 Å². The van der Waals surface area contributed by atoms with Crippen LogP contribution in [0, 0.1) is 5.92 Å². The summed E-state index contributed by atoms with van der Waals surface area (Å²) in [5.41, 5.74) is 1.50. The Morgan fingerprint density at radius 2 is 1.63 bits per heavy atom. The number of carboxylic acid groups (broad SMARTS) is 2. The first-order valence-corrected chi connectivity index (χ1v) is 9.57. The molecule has 0 amide bonds. The number of nitrogens with one attached hydrogen (secondary N) is 1. The minimum atomic E-state index is -1.12. The van der Waals surface area contributed by atoms with Gasteiger partial charge in [-0.2, -0.15) is 0 Å². The molecule has 0 bridgehead atoms. The van der Waals surface area contributed by atoms with E-state index >= 15 is 0 Å². The van der Waals surface area contributed by atoms with E-state index in [0.29, 0.717) is 28.7 Å². The van der Waals surface area contributed by atoms with Gasteiger partial charge in [0.25, 0.3) is 0 Å². The fourth-order valence-corrected chi connectivity index (χ4v) is 3.51. The van der Waals surface area contributed by atoms with Crippen LogP contribution in [-0.4, -0.2) is 43.8 Å². The number of aliphatic carboxylic acids is 2. The maximum atomic E-state index is 11.7. The van der Waals surface area contributed by atoms with Crippen molar-refractivity contribution in [2.75, 3.05) is 0 Å². The largest absolute Gasteiger partial charge is 0.480 e. The van der Waals surface area contributed by atoms with Gasteiger partial charge in [-0.1, -0.05) is 37.0 Å². The zero-order valence-electron chi connectivity index (χ0n) is 17.0. The van der Waals surface area contributed by atoms with E-state index in [1.807, 2.05) is 13.8 Å². The number of rotatable bonds is 10. The maximum Gasteiger partial charge on any atom is 0.321 e. The van der Waals surface area contributed by atoms with Crippen molar-refractivity contribution < 1.29 is 19.8 Å². The minimum absolute atomic E-state index is 0. The van der Waals surface area contributed by atoms with Crippen LogP contribution >= 0.6 is 23.2 Å². The number of carbonyl (C=O) groups is 2. The van der Waals surface area contributed by atoms with Crippen molar-refractivity contribution in [3.63, 3.8) is 0 Å². The first-order valence-electron chi connectivity index (χ1n) is 8.81. The highest BCUT2D eigenvalue weighted by Gasteiger charge is 2.27. The Hall–Kier alpha value is -2.17. The number of aromatic nitrogens is 2. The molecule has 168 valence electrons. The molecule has 0 saturated carbocycles. The summed E-state index contributed by atoms with van der Waals surface area (Å²) in [7, 11) is 0. The normalized spacial score (nSPS) is 12.6. The highest BCUT2D eigenvalue weighted by molar-refractivity contribution is 6.34. The second-order valence-electron chi connectivity index (χ2n) is 7.07. The molecule has 0 aliphatic carbocycles. The number of nitrogens with zero attached hydrogens (tertiary/aromatic N) is 2. The number of carboxylic acids is 2. The van der Waals surface area contributed by atoms with Gasteiger partial charge < -0.3 is 27.1 Å². The number of hydrogen-bond donors (Lipinski definition) is 5. The molecule has 0 saturated heterocycles. The Labute approximate surface area is 185 Å². The van der Waals surface area contributed by atoms with Crippen molar-refractivity contribution in [3.05, 3.63) is 52.0 Å². The van der Waals surface area contributed by atoms with Crippen molar-refractivity contribution in [1.29, 1.82) is 0 Å². The average Bonchev–Trinajstić information content (AvgIpc) is 2.98. The topological polar surface area (TPSA) is 174 Å².